The van der Waals surface area contributed by atoms with Gasteiger partial charge < -0.3 is 4.90 Å². The first-order chi connectivity index (χ1) is 12.2. The van der Waals surface area contributed by atoms with Crippen LogP contribution >= 0.6 is 0 Å². The Bertz CT molecular complexity index is 573. The maximum absolute atomic E-state index is 12.9. The van der Waals surface area contributed by atoms with Gasteiger partial charge in [-0.3, -0.25) is 14.6 Å². The molecule has 0 atom stereocenters. The third kappa shape index (κ3) is 5.65. The average Bonchev–Trinajstić information content (AvgIpc) is 2.65. The van der Waals surface area contributed by atoms with Crippen molar-refractivity contribution in [2.24, 2.45) is 0 Å². The molecule has 25 heavy (non-hydrogen) atoms. The molecule has 0 radical (unpaired) electrons. The fourth-order valence-electron chi connectivity index (χ4n) is 3.48. The van der Waals surface area contributed by atoms with Gasteiger partial charge in [0.25, 0.3) is 0 Å². The molecule has 0 bridgehead atoms. The molecule has 0 aromatic heterocycles. The lowest BCUT2D eigenvalue weighted by Crippen LogP contribution is -2.50. The highest BCUT2D eigenvalue weighted by molar-refractivity contribution is 5.78. The van der Waals surface area contributed by atoms with Crippen molar-refractivity contribution in [2.75, 3.05) is 52.4 Å². The summed E-state index contributed by atoms with van der Waals surface area (Å²) >= 11 is 0. The summed E-state index contributed by atoms with van der Waals surface area (Å²) in [4.78, 5) is 19.0. The summed E-state index contributed by atoms with van der Waals surface area (Å²) < 4.78 is 12.9. The Morgan fingerprint density at radius 3 is 2.24 bits per heavy atom. The topological polar surface area (TPSA) is 26.8 Å². The Labute approximate surface area is 149 Å². The van der Waals surface area contributed by atoms with Gasteiger partial charge in [-0.1, -0.05) is 24.3 Å². The second kappa shape index (κ2) is 9.11. The van der Waals surface area contributed by atoms with Crippen molar-refractivity contribution in [3.63, 3.8) is 0 Å². The molecule has 2 saturated heterocycles. The van der Waals surface area contributed by atoms with Gasteiger partial charge in [-0.2, -0.15) is 0 Å². The quantitative estimate of drug-likeness (QED) is 0.820. The molecule has 1 amide bonds. The molecule has 1 aromatic carbocycles. The van der Waals surface area contributed by atoms with Crippen LogP contribution < -0.4 is 0 Å². The van der Waals surface area contributed by atoms with E-state index in [1.807, 2.05) is 11.0 Å². The van der Waals surface area contributed by atoms with Crippen LogP contribution in [0.5, 0.6) is 0 Å². The molecule has 2 aliphatic heterocycles. The molecule has 0 unspecified atom stereocenters. The third-order valence-electron chi connectivity index (χ3n) is 5.08. The van der Waals surface area contributed by atoms with Gasteiger partial charge >= 0.3 is 0 Å². The van der Waals surface area contributed by atoms with Crippen LogP contribution in [0, 0.1) is 5.82 Å². The zero-order valence-electron chi connectivity index (χ0n) is 14.9. The van der Waals surface area contributed by atoms with Gasteiger partial charge in [0.1, 0.15) is 5.82 Å². The first-order valence-electron chi connectivity index (χ1n) is 9.35. The molecule has 5 heteroatoms. The van der Waals surface area contributed by atoms with Crippen LogP contribution in [0.25, 0.3) is 6.08 Å². The standard InChI is InChI=1S/C20H28FN3O/c21-19-8-6-18(7-9-19)5-4-10-22-13-15-23(16-14-22)17-20(25)24-11-2-1-3-12-24/h4-9H,1-3,10-17H2/b5-4+. The molecule has 136 valence electrons. The van der Waals surface area contributed by atoms with Crippen LogP contribution in [0.1, 0.15) is 24.8 Å². The minimum Gasteiger partial charge on any atom is -0.342 e. The van der Waals surface area contributed by atoms with Crippen LogP contribution in [0.2, 0.25) is 0 Å². The minimum absolute atomic E-state index is 0.202. The van der Waals surface area contributed by atoms with Crippen LogP contribution in [0.15, 0.2) is 30.3 Å². The second-order valence-corrected chi connectivity index (χ2v) is 6.97. The van der Waals surface area contributed by atoms with Crippen molar-refractivity contribution in [2.45, 2.75) is 19.3 Å². The number of nitrogens with zero attached hydrogens (tertiary/aromatic N) is 3. The molecule has 2 fully saturated rings. The number of halogens is 1. The molecule has 3 rings (SSSR count). The van der Waals surface area contributed by atoms with Crippen molar-refractivity contribution in [3.05, 3.63) is 41.7 Å². The van der Waals surface area contributed by atoms with E-state index >= 15 is 0 Å². The number of likely N-dealkylation sites (tertiary alicyclic amines) is 1. The van der Waals surface area contributed by atoms with E-state index < -0.39 is 0 Å². The summed E-state index contributed by atoms with van der Waals surface area (Å²) in [5.74, 6) is 0.0942. The Kier molecular flexibility index (Phi) is 6.59. The van der Waals surface area contributed by atoms with Gasteiger partial charge in [0.2, 0.25) is 5.91 Å². The minimum atomic E-state index is -0.202. The number of piperazine rings is 1. The Balaban J connectivity index is 1.36. The molecule has 1 aromatic rings. The molecule has 0 N–H and O–H groups in total. The van der Waals surface area contributed by atoms with E-state index in [4.69, 9.17) is 0 Å². The SMILES string of the molecule is O=C(CN1CCN(C/C=C/c2ccc(F)cc2)CC1)N1CCCCC1. The molecule has 2 aliphatic rings. The highest BCUT2D eigenvalue weighted by atomic mass is 19.1. The first-order valence-corrected chi connectivity index (χ1v) is 9.35. The maximum Gasteiger partial charge on any atom is 0.236 e. The average molecular weight is 345 g/mol. The number of benzene rings is 1. The van der Waals surface area contributed by atoms with E-state index in [9.17, 15) is 9.18 Å². The van der Waals surface area contributed by atoms with Crippen molar-refractivity contribution < 1.29 is 9.18 Å². The summed E-state index contributed by atoms with van der Waals surface area (Å²) in [6.45, 7) is 7.21. The molecule has 0 saturated carbocycles. The monoisotopic (exact) mass is 345 g/mol. The number of carbonyl (C=O) groups is 1. The fraction of sp³-hybridized carbons (Fsp3) is 0.550. The maximum atomic E-state index is 12.9. The molecule has 0 aliphatic carbocycles. The van der Waals surface area contributed by atoms with Crippen molar-refractivity contribution in [1.82, 2.24) is 14.7 Å². The van der Waals surface area contributed by atoms with Crippen molar-refractivity contribution >= 4 is 12.0 Å². The Morgan fingerprint density at radius 2 is 1.56 bits per heavy atom. The summed E-state index contributed by atoms with van der Waals surface area (Å²) in [5, 5.41) is 0. The molecular weight excluding hydrogens is 317 g/mol. The van der Waals surface area contributed by atoms with E-state index in [0.29, 0.717) is 12.5 Å². The number of rotatable bonds is 5. The second-order valence-electron chi connectivity index (χ2n) is 6.97. The molecule has 4 nitrogen and oxygen atoms in total. The molecular formula is C20H28FN3O. The van der Waals surface area contributed by atoms with E-state index in [-0.39, 0.29) is 5.82 Å². The number of hydrogen-bond donors (Lipinski definition) is 0. The van der Waals surface area contributed by atoms with Gasteiger partial charge in [-0.15, -0.1) is 0 Å². The number of hydrogen-bond acceptors (Lipinski definition) is 3. The predicted octanol–water partition coefficient (Wildman–Crippen LogP) is 2.47. The van der Waals surface area contributed by atoms with Crippen molar-refractivity contribution in [3.8, 4) is 0 Å². The van der Waals surface area contributed by atoms with Gasteiger partial charge in [-0.05, 0) is 37.0 Å². The van der Waals surface area contributed by atoms with Crippen LogP contribution in [-0.2, 0) is 4.79 Å². The summed E-state index contributed by atoms with van der Waals surface area (Å²) in [7, 11) is 0. The zero-order chi connectivity index (χ0) is 17.5. The van der Waals surface area contributed by atoms with Crippen LogP contribution in [0.3, 0.4) is 0 Å². The molecule has 2 heterocycles. The Hall–Kier alpha value is -1.72. The van der Waals surface area contributed by atoms with E-state index in [2.05, 4.69) is 15.9 Å². The highest BCUT2D eigenvalue weighted by Gasteiger charge is 2.22. The van der Waals surface area contributed by atoms with Gasteiger partial charge in [-0.25, -0.2) is 4.39 Å². The predicted molar refractivity (Wildman–Crippen MR) is 98.7 cm³/mol. The number of amides is 1. The van der Waals surface area contributed by atoms with E-state index in [1.54, 1.807) is 12.1 Å². The summed E-state index contributed by atoms with van der Waals surface area (Å²) in [6.07, 6.45) is 7.72. The lowest BCUT2D eigenvalue weighted by atomic mass is 10.1. The smallest absolute Gasteiger partial charge is 0.236 e. The summed E-state index contributed by atoms with van der Waals surface area (Å²) in [6, 6.07) is 6.54. The highest BCUT2D eigenvalue weighted by Crippen LogP contribution is 2.10. The van der Waals surface area contributed by atoms with Gasteiger partial charge in [0.05, 0.1) is 6.54 Å². The largest absolute Gasteiger partial charge is 0.342 e. The molecule has 0 spiro atoms. The number of piperidine rings is 1. The van der Waals surface area contributed by atoms with Crippen LogP contribution in [0.4, 0.5) is 4.39 Å². The van der Waals surface area contributed by atoms with Gasteiger partial charge in [0, 0.05) is 45.8 Å². The van der Waals surface area contributed by atoms with Gasteiger partial charge in [0.15, 0.2) is 0 Å². The van der Waals surface area contributed by atoms with Crippen LogP contribution in [-0.4, -0.2) is 73.0 Å². The Morgan fingerprint density at radius 1 is 0.920 bits per heavy atom. The lowest BCUT2D eigenvalue weighted by molar-refractivity contribution is -0.133. The normalized spacial score (nSPS) is 20.3. The summed E-state index contributed by atoms with van der Waals surface area (Å²) in [5.41, 5.74) is 1.02. The van der Waals surface area contributed by atoms with Crippen molar-refractivity contribution in [1.29, 1.82) is 0 Å². The first kappa shape index (κ1) is 18.1. The van der Waals surface area contributed by atoms with E-state index in [1.165, 1.54) is 18.6 Å². The lowest BCUT2D eigenvalue weighted by Gasteiger charge is -2.35. The van der Waals surface area contributed by atoms with E-state index in [0.717, 1.165) is 64.2 Å². The zero-order valence-corrected chi connectivity index (χ0v) is 14.9. The third-order valence-corrected chi connectivity index (χ3v) is 5.08. The number of carbonyl (C=O) groups excluding carboxylic acids is 1. The fourth-order valence-corrected chi connectivity index (χ4v) is 3.48.